The van der Waals surface area contributed by atoms with Gasteiger partial charge in [-0.3, -0.25) is 19.3 Å². The van der Waals surface area contributed by atoms with Gasteiger partial charge in [0, 0.05) is 31.1 Å². The van der Waals surface area contributed by atoms with Crippen LogP contribution in [-0.4, -0.2) is 38.8 Å². The van der Waals surface area contributed by atoms with Crippen LogP contribution < -0.4 is 5.32 Å². The largest absolute Gasteiger partial charge is 0.350 e. The van der Waals surface area contributed by atoms with E-state index in [0.717, 1.165) is 16.0 Å². The Morgan fingerprint density at radius 3 is 2.76 bits per heavy atom. The molecule has 3 rings (SSSR count). The zero-order chi connectivity index (χ0) is 14.8. The molecule has 0 unspecified atom stereocenters. The molecule has 108 valence electrons. The third-order valence-corrected chi connectivity index (χ3v) is 3.44. The first kappa shape index (κ1) is 13.3. The highest BCUT2D eigenvalue weighted by Gasteiger charge is 2.30. The Labute approximate surface area is 120 Å². The Kier molecular flexibility index (Phi) is 3.39. The summed E-state index contributed by atoms with van der Waals surface area (Å²) >= 11 is 0. The summed E-state index contributed by atoms with van der Waals surface area (Å²) in [6, 6.07) is 5.67. The summed E-state index contributed by atoms with van der Waals surface area (Å²) in [5, 5.41) is 6.88. The third-order valence-electron chi connectivity index (χ3n) is 3.44. The molecule has 0 bridgehead atoms. The molecule has 2 aromatic heterocycles. The zero-order valence-electron chi connectivity index (χ0n) is 11.3. The van der Waals surface area contributed by atoms with E-state index >= 15 is 0 Å². The van der Waals surface area contributed by atoms with Gasteiger partial charge in [0.15, 0.2) is 0 Å². The standard InChI is InChI=1S/C14H14N4O3/c19-12(9-17-13(20)4-5-14(17)21)15-7-10-8-16-18-6-2-1-3-11(10)18/h1-3,6,8H,4-5,7,9H2,(H,15,19). The van der Waals surface area contributed by atoms with E-state index in [4.69, 9.17) is 0 Å². The van der Waals surface area contributed by atoms with E-state index < -0.39 is 0 Å². The molecule has 7 heteroatoms. The number of pyridine rings is 1. The molecule has 7 nitrogen and oxygen atoms in total. The Bertz CT molecular complexity index is 706. The van der Waals surface area contributed by atoms with Gasteiger partial charge in [0.25, 0.3) is 0 Å². The smallest absolute Gasteiger partial charge is 0.240 e. The Hall–Kier alpha value is -2.70. The van der Waals surface area contributed by atoms with Crippen LogP contribution in [0.3, 0.4) is 0 Å². The summed E-state index contributed by atoms with van der Waals surface area (Å²) in [4.78, 5) is 35.7. The highest BCUT2D eigenvalue weighted by molar-refractivity contribution is 6.04. The lowest BCUT2D eigenvalue weighted by atomic mass is 10.2. The van der Waals surface area contributed by atoms with Crippen LogP contribution in [0.1, 0.15) is 18.4 Å². The maximum absolute atomic E-state index is 11.8. The summed E-state index contributed by atoms with van der Waals surface area (Å²) in [5.74, 6) is -0.925. The first-order valence-corrected chi connectivity index (χ1v) is 6.66. The minimum Gasteiger partial charge on any atom is -0.350 e. The fourth-order valence-corrected chi connectivity index (χ4v) is 2.32. The van der Waals surface area contributed by atoms with Crippen molar-refractivity contribution < 1.29 is 14.4 Å². The Morgan fingerprint density at radius 1 is 1.24 bits per heavy atom. The average molecular weight is 286 g/mol. The lowest BCUT2D eigenvalue weighted by Crippen LogP contribution is -2.39. The lowest BCUT2D eigenvalue weighted by molar-refractivity contribution is -0.142. The fraction of sp³-hybridized carbons (Fsp3) is 0.286. The number of hydrogen-bond acceptors (Lipinski definition) is 4. The van der Waals surface area contributed by atoms with E-state index in [-0.39, 0.29) is 37.1 Å². The average Bonchev–Trinajstić information content (AvgIpc) is 3.03. The highest BCUT2D eigenvalue weighted by Crippen LogP contribution is 2.11. The van der Waals surface area contributed by atoms with E-state index in [1.165, 1.54) is 0 Å². The molecule has 1 saturated heterocycles. The fourth-order valence-electron chi connectivity index (χ4n) is 2.32. The SMILES string of the molecule is O=C(CN1C(=O)CCC1=O)NCc1cnn2ccccc12. The van der Waals surface area contributed by atoms with Gasteiger partial charge in [-0.1, -0.05) is 6.07 Å². The van der Waals surface area contributed by atoms with Crippen molar-refractivity contribution in [2.75, 3.05) is 6.54 Å². The van der Waals surface area contributed by atoms with Crippen molar-refractivity contribution in [1.29, 1.82) is 0 Å². The summed E-state index contributed by atoms with van der Waals surface area (Å²) in [6.45, 7) is 0.0967. The number of nitrogens with zero attached hydrogens (tertiary/aromatic N) is 3. The Morgan fingerprint density at radius 2 is 2.00 bits per heavy atom. The number of amides is 3. The molecular formula is C14H14N4O3. The van der Waals surface area contributed by atoms with Gasteiger partial charge in [0.05, 0.1) is 11.7 Å². The van der Waals surface area contributed by atoms with Gasteiger partial charge in [-0.05, 0) is 12.1 Å². The predicted octanol–water partition coefficient (Wildman–Crippen LogP) is 0.0995. The van der Waals surface area contributed by atoms with Crippen LogP contribution >= 0.6 is 0 Å². The van der Waals surface area contributed by atoms with Crippen molar-refractivity contribution >= 4 is 23.2 Å². The van der Waals surface area contributed by atoms with E-state index in [0.29, 0.717) is 6.54 Å². The van der Waals surface area contributed by atoms with Crippen molar-refractivity contribution in [3.8, 4) is 0 Å². The second kappa shape index (κ2) is 5.35. The van der Waals surface area contributed by atoms with Crippen molar-refractivity contribution in [3.63, 3.8) is 0 Å². The number of hydrogen-bond donors (Lipinski definition) is 1. The predicted molar refractivity (Wildman–Crippen MR) is 73.0 cm³/mol. The maximum atomic E-state index is 11.8. The molecule has 0 spiro atoms. The highest BCUT2D eigenvalue weighted by atomic mass is 16.2. The molecular weight excluding hydrogens is 272 g/mol. The van der Waals surface area contributed by atoms with Gasteiger partial charge in [0.1, 0.15) is 6.54 Å². The molecule has 0 saturated carbocycles. The number of nitrogens with one attached hydrogen (secondary N) is 1. The molecule has 1 aliphatic rings. The first-order valence-electron chi connectivity index (χ1n) is 6.66. The van der Waals surface area contributed by atoms with Crippen LogP contribution in [0, 0.1) is 0 Å². The van der Waals surface area contributed by atoms with Gasteiger partial charge in [-0.2, -0.15) is 5.10 Å². The summed E-state index contributed by atoms with van der Waals surface area (Å²) in [6.07, 6.45) is 3.89. The summed E-state index contributed by atoms with van der Waals surface area (Å²) in [5.41, 5.74) is 1.79. The van der Waals surface area contributed by atoms with Crippen molar-refractivity contribution in [1.82, 2.24) is 19.8 Å². The van der Waals surface area contributed by atoms with Crippen molar-refractivity contribution in [2.24, 2.45) is 0 Å². The second-order valence-corrected chi connectivity index (χ2v) is 4.85. The zero-order valence-corrected chi connectivity index (χ0v) is 11.3. The lowest BCUT2D eigenvalue weighted by Gasteiger charge is -2.13. The van der Waals surface area contributed by atoms with Crippen LogP contribution in [0.2, 0.25) is 0 Å². The summed E-state index contributed by atoms with van der Waals surface area (Å²) < 4.78 is 1.72. The number of rotatable bonds is 4. The van der Waals surface area contributed by atoms with Crippen molar-refractivity contribution in [2.45, 2.75) is 19.4 Å². The minimum absolute atomic E-state index is 0.195. The quantitative estimate of drug-likeness (QED) is 0.808. The number of likely N-dealkylation sites (tertiary alicyclic amines) is 1. The molecule has 3 amide bonds. The number of imide groups is 1. The monoisotopic (exact) mass is 286 g/mol. The molecule has 0 aromatic carbocycles. The second-order valence-electron chi connectivity index (χ2n) is 4.85. The van der Waals surface area contributed by atoms with Gasteiger partial charge in [0.2, 0.25) is 17.7 Å². The number of fused-ring (bicyclic) bond motifs is 1. The van der Waals surface area contributed by atoms with Crippen LogP contribution in [0.25, 0.3) is 5.52 Å². The van der Waals surface area contributed by atoms with Crippen LogP contribution in [0.15, 0.2) is 30.6 Å². The normalized spacial score (nSPS) is 15.0. The molecule has 0 aliphatic carbocycles. The number of carbonyl (C=O) groups is 3. The van der Waals surface area contributed by atoms with E-state index in [1.807, 2.05) is 24.4 Å². The van der Waals surface area contributed by atoms with Gasteiger partial charge in [-0.15, -0.1) is 0 Å². The maximum Gasteiger partial charge on any atom is 0.240 e. The molecule has 1 aliphatic heterocycles. The Balaban J connectivity index is 1.61. The van der Waals surface area contributed by atoms with Crippen LogP contribution in [0.4, 0.5) is 0 Å². The van der Waals surface area contributed by atoms with E-state index in [2.05, 4.69) is 10.4 Å². The van der Waals surface area contributed by atoms with Crippen LogP contribution in [0.5, 0.6) is 0 Å². The molecule has 0 radical (unpaired) electrons. The van der Waals surface area contributed by atoms with Gasteiger partial charge >= 0.3 is 0 Å². The van der Waals surface area contributed by atoms with E-state index in [9.17, 15) is 14.4 Å². The molecule has 0 atom stereocenters. The van der Waals surface area contributed by atoms with Gasteiger partial charge in [-0.25, -0.2) is 4.52 Å². The number of aromatic nitrogens is 2. The topological polar surface area (TPSA) is 83.8 Å². The molecule has 1 N–H and O–H groups in total. The van der Waals surface area contributed by atoms with E-state index in [1.54, 1.807) is 10.7 Å². The minimum atomic E-state index is -0.353. The molecule has 21 heavy (non-hydrogen) atoms. The first-order chi connectivity index (χ1) is 10.1. The number of carbonyl (C=O) groups excluding carboxylic acids is 3. The van der Waals surface area contributed by atoms with Crippen LogP contribution in [-0.2, 0) is 20.9 Å². The van der Waals surface area contributed by atoms with Crippen molar-refractivity contribution in [3.05, 3.63) is 36.2 Å². The molecule has 1 fully saturated rings. The molecule has 3 heterocycles. The van der Waals surface area contributed by atoms with Gasteiger partial charge < -0.3 is 5.32 Å². The molecule has 2 aromatic rings. The third kappa shape index (κ3) is 2.62. The summed E-state index contributed by atoms with van der Waals surface area (Å²) in [7, 11) is 0.